The maximum absolute atomic E-state index is 12.8. The second kappa shape index (κ2) is 3.54. The van der Waals surface area contributed by atoms with Crippen LogP contribution in [-0.2, 0) is 6.42 Å². The van der Waals surface area contributed by atoms with Crippen molar-refractivity contribution in [2.45, 2.75) is 38.5 Å². The molecule has 20 heavy (non-hydrogen) atoms. The van der Waals surface area contributed by atoms with Crippen molar-refractivity contribution in [3.8, 4) is 0 Å². The molecule has 98 valence electrons. The molecule has 1 aromatic carbocycles. The smallest absolute Gasteiger partial charge is 0.263 e. The van der Waals surface area contributed by atoms with E-state index in [0.717, 1.165) is 43.5 Å². The van der Waals surface area contributed by atoms with Crippen molar-refractivity contribution in [3.05, 3.63) is 37.7 Å². The Kier molecular flexibility index (Phi) is 1.90. The summed E-state index contributed by atoms with van der Waals surface area (Å²) in [5, 5.41) is 2.50. The topological polar surface area (TPSA) is 32.4 Å². The Morgan fingerprint density at radius 2 is 2.00 bits per heavy atom. The summed E-state index contributed by atoms with van der Waals surface area (Å²) in [5.74, 6) is 0. The van der Waals surface area contributed by atoms with Crippen LogP contribution in [0.2, 0.25) is 0 Å². The SMILES string of the molecule is O=[N+]1C2=C(CCCC2)c2c1c1c(c3c2C=NC=3)=CCC1. The largest absolute Gasteiger partial charge is 0.275 e. The maximum Gasteiger partial charge on any atom is 0.275 e. The summed E-state index contributed by atoms with van der Waals surface area (Å²) in [5.41, 5.74) is 6.91. The fourth-order valence-corrected chi connectivity index (χ4v) is 4.20. The lowest BCUT2D eigenvalue weighted by atomic mass is 9.89. The third-order valence-corrected chi connectivity index (χ3v) is 5.04. The van der Waals surface area contributed by atoms with Gasteiger partial charge in [0.05, 0.1) is 10.3 Å². The van der Waals surface area contributed by atoms with E-state index < -0.39 is 0 Å². The summed E-state index contributed by atoms with van der Waals surface area (Å²) in [7, 11) is 0. The molecule has 2 aliphatic carbocycles. The number of benzene rings is 1. The van der Waals surface area contributed by atoms with Gasteiger partial charge in [0.15, 0.2) is 0 Å². The van der Waals surface area contributed by atoms with Crippen molar-refractivity contribution in [3.63, 3.8) is 0 Å². The van der Waals surface area contributed by atoms with E-state index in [0.29, 0.717) is 0 Å². The van der Waals surface area contributed by atoms with E-state index in [1.54, 1.807) is 0 Å². The van der Waals surface area contributed by atoms with Crippen LogP contribution in [0, 0.1) is 4.91 Å². The Hall–Kier alpha value is -2.03. The van der Waals surface area contributed by atoms with Crippen LogP contribution >= 0.6 is 0 Å². The predicted octanol–water partition coefficient (Wildman–Crippen LogP) is 2.29. The molecule has 0 fully saturated rings. The Morgan fingerprint density at radius 3 is 2.95 bits per heavy atom. The van der Waals surface area contributed by atoms with Gasteiger partial charge < -0.3 is 0 Å². The molecule has 5 rings (SSSR count). The first-order chi connectivity index (χ1) is 9.86. The summed E-state index contributed by atoms with van der Waals surface area (Å²) < 4.78 is 1.24. The van der Waals surface area contributed by atoms with Crippen LogP contribution in [0.5, 0.6) is 0 Å². The molecule has 3 heteroatoms. The highest BCUT2D eigenvalue weighted by atomic mass is 16.3. The fourth-order valence-electron chi connectivity index (χ4n) is 4.20. The summed E-state index contributed by atoms with van der Waals surface area (Å²) in [6, 6.07) is 0. The monoisotopic (exact) mass is 263 g/mol. The lowest BCUT2D eigenvalue weighted by Crippen LogP contribution is -2.30. The highest BCUT2D eigenvalue weighted by Gasteiger charge is 2.44. The van der Waals surface area contributed by atoms with Gasteiger partial charge in [0.25, 0.3) is 5.69 Å². The zero-order chi connectivity index (χ0) is 13.3. The molecule has 0 saturated heterocycles. The Bertz CT molecular complexity index is 871. The molecule has 0 amide bonds. The molecule has 1 aromatic rings. The van der Waals surface area contributed by atoms with Crippen LogP contribution in [0.4, 0.5) is 5.69 Å². The molecule has 0 unspecified atom stereocenters. The molecular formula is C17H15N2O+. The number of aliphatic imine (C=N–C) groups is 1. The maximum atomic E-state index is 12.8. The molecule has 0 radical (unpaired) electrons. The van der Waals surface area contributed by atoms with E-state index in [-0.39, 0.29) is 0 Å². The van der Waals surface area contributed by atoms with Crippen molar-refractivity contribution in [2.75, 3.05) is 0 Å². The minimum absolute atomic E-state index is 0.932. The van der Waals surface area contributed by atoms with Crippen LogP contribution in [0.25, 0.3) is 17.8 Å². The van der Waals surface area contributed by atoms with Gasteiger partial charge in [-0.25, -0.2) is 0 Å². The van der Waals surface area contributed by atoms with Gasteiger partial charge in [-0.2, -0.15) is 0 Å². The van der Waals surface area contributed by atoms with E-state index in [1.165, 1.54) is 43.9 Å². The van der Waals surface area contributed by atoms with Crippen LogP contribution in [0.15, 0.2) is 10.7 Å². The molecule has 0 aromatic heterocycles. The lowest BCUT2D eigenvalue weighted by molar-refractivity contribution is -0.406. The average molecular weight is 263 g/mol. The Labute approximate surface area is 116 Å². The molecule has 2 aliphatic heterocycles. The quantitative estimate of drug-likeness (QED) is 0.661. The van der Waals surface area contributed by atoms with E-state index in [1.807, 2.05) is 12.4 Å². The van der Waals surface area contributed by atoms with Gasteiger partial charge in [0.1, 0.15) is 0 Å². The molecule has 0 spiro atoms. The number of allylic oxidation sites excluding steroid dienone is 2. The molecule has 0 bridgehead atoms. The van der Waals surface area contributed by atoms with Gasteiger partial charge in [0.2, 0.25) is 5.70 Å². The molecular weight excluding hydrogens is 248 g/mol. The van der Waals surface area contributed by atoms with E-state index in [4.69, 9.17) is 0 Å². The number of nitroso groups, excluding NO2 is 1. The van der Waals surface area contributed by atoms with Gasteiger partial charge in [-0.1, -0.05) is 6.08 Å². The first kappa shape index (κ1) is 10.7. The van der Waals surface area contributed by atoms with E-state index in [9.17, 15) is 4.91 Å². The minimum atomic E-state index is 0.932. The highest BCUT2D eigenvalue weighted by Crippen LogP contribution is 2.47. The van der Waals surface area contributed by atoms with Crippen molar-refractivity contribution >= 4 is 29.8 Å². The van der Waals surface area contributed by atoms with E-state index >= 15 is 0 Å². The van der Waals surface area contributed by atoms with Crippen molar-refractivity contribution < 1.29 is 4.76 Å². The van der Waals surface area contributed by atoms with Gasteiger partial charge in [-0.15, -0.1) is 0 Å². The number of fused-ring (bicyclic) bond motifs is 7. The van der Waals surface area contributed by atoms with E-state index in [2.05, 4.69) is 11.1 Å². The van der Waals surface area contributed by atoms with Crippen molar-refractivity contribution in [2.24, 2.45) is 4.99 Å². The minimum Gasteiger partial charge on any atom is -0.263 e. The predicted molar refractivity (Wildman–Crippen MR) is 79.2 cm³/mol. The normalized spacial score (nSPS) is 21.3. The van der Waals surface area contributed by atoms with Crippen LogP contribution in [-0.4, -0.2) is 11.0 Å². The van der Waals surface area contributed by atoms with Crippen LogP contribution < -0.4 is 10.4 Å². The first-order valence-corrected chi connectivity index (χ1v) is 7.48. The van der Waals surface area contributed by atoms with Gasteiger partial charge in [-0.05, 0) is 37.3 Å². The first-order valence-electron chi connectivity index (χ1n) is 7.48. The second-order valence-electron chi connectivity index (χ2n) is 6.02. The Morgan fingerprint density at radius 1 is 1.10 bits per heavy atom. The summed E-state index contributed by atoms with van der Waals surface area (Å²) in [6.07, 6.45) is 12.5. The summed E-state index contributed by atoms with van der Waals surface area (Å²) >= 11 is 0. The molecule has 0 atom stereocenters. The molecule has 0 N–H and O–H groups in total. The number of hydrogen-bond acceptors (Lipinski definition) is 2. The van der Waals surface area contributed by atoms with Crippen molar-refractivity contribution in [1.82, 2.24) is 0 Å². The third-order valence-electron chi connectivity index (χ3n) is 5.04. The standard InChI is InChI=1S/C17H15N2O/c20-19-15-7-2-1-4-12(15)16-14-9-18-8-13(14)10-5-3-6-11(10)17(16)19/h5,8-9H,1-4,6-7H2/q+1. The number of hydrogen-bond donors (Lipinski definition) is 0. The molecule has 2 heterocycles. The third kappa shape index (κ3) is 1.10. The summed E-state index contributed by atoms with van der Waals surface area (Å²) in [4.78, 5) is 17.1. The van der Waals surface area contributed by atoms with Gasteiger partial charge >= 0.3 is 0 Å². The molecule has 4 aliphatic rings. The summed E-state index contributed by atoms with van der Waals surface area (Å²) in [6.45, 7) is 0. The van der Waals surface area contributed by atoms with Gasteiger partial charge in [-0.3, -0.25) is 4.99 Å². The molecule has 0 saturated carbocycles. The van der Waals surface area contributed by atoms with Crippen LogP contribution in [0.3, 0.4) is 0 Å². The highest BCUT2D eigenvalue weighted by molar-refractivity contribution is 5.97. The number of rotatable bonds is 0. The zero-order valence-corrected chi connectivity index (χ0v) is 11.3. The van der Waals surface area contributed by atoms with Crippen molar-refractivity contribution in [1.29, 1.82) is 0 Å². The number of nitrogens with zero attached hydrogens (tertiary/aromatic N) is 2. The zero-order valence-electron chi connectivity index (χ0n) is 11.3. The van der Waals surface area contributed by atoms with Gasteiger partial charge in [0, 0.05) is 45.7 Å². The van der Waals surface area contributed by atoms with Crippen LogP contribution in [0.1, 0.15) is 48.8 Å². The second-order valence-corrected chi connectivity index (χ2v) is 6.02. The average Bonchev–Trinajstić information content (AvgIpc) is 3.16. The Balaban J connectivity index is 1.97. The fraction of sp³-hybridized carbons (Fsp3) is 0.353. The lowest BCUT2D eigenvalue weighted by Gasteiger charge is -2.08. The molecule has 3 nitrogen and oxygen atoms in total.